The van der Waals surface area contributed by atoms with Crippen LogP contribution in [0.5, 0.6) is 0 Å². The molecule has 0 radical (unpaired) electrons. The first-order valence-corrected chi connectivity index (χ1v) is 11.2. The molecule has 2 N–H and O–H groups in total. The van der Waals surface area contributed by atoms with Crippen molar-refractivity contribution in [2.24, 2.45) is 0 Å². The van der Waals surface area contributed by atoms with Crippen LogP contribution in [0.3, 0.4) is 0 Å². The van der Waals surface area contributed by atoms with Gasteiger partial charge >= 0.3 is 5.97 Å². The maximum atomic E-state index is 13.7. The highest BCUT2D eigenvalue weighted by molar-refractivity contribution is 7.92. The first-order chi connectivity index (χ1) is 15.5. The zero-order valence-corrected chi connectivity index (χ0v) is 18.5. The minimum Gasteiger partial charge on any atom is -0.449 e. The van der Waals surface area contributed by atoms with Gasteiger partial charge in [0.15, 0.2) is 6.10 Å². The standard InChI is InChI=1S/C23H20F2N2O5S/c1-14-6-9-18(10-7-14)27-33(30,31)19-5-3-4-16(12-19)23(29)32-15(2)22(28)26-21-13-17(24)8-11-20(21)25/h3-13,15,27H,1-2H3,(H,26,28). The second kappa shape index (κ2) is 9.78. The summed E-state index contributed by atoms with van der Waals surface area (Å²) < 4.78 is 59.8. The lowest BCUT2D eigenvalue weighted by molar-refractivity contribution is -0.123. The smallest absolute Gasteiger partial charge is 0.338 e. The second-order valence-corrected chi connectivity index (χ2v) is 8.84. The first kappa shape index (κ1) is 23.9. The van der Waals surface area contributed by atoms with Gasteiger partial charge in [0.25, 0.3) is 15.9 Å². The predicted octanol–water partition coefficient (Wildman–Crippen LogP) is 4.26. The van der Waals surface area contributed by atoms with E-state index in [0.717, 1.165) is 29.8 Å². The number of carbonyl (C=O) groups excluding carboxylic acids is 2. The minimum atomic E-state index is -3.99. The molecule has 172 valence electrons. The van der Waals surface area contributed by atoms with Crippen LogP contribution in [-0.2, 0) is 19.6 Å². The lowest BCUT2D eigenvalue weighted by Crippen LogP contribution is -2.30. The molecule has 1 atom stereocenters. The van der Waals surface area contributed by atoms with Gasteiger partial charge in [-0.2, -0.15) is 0 Å². The number of benzene rings is 3. The van der Waals surface area contributed by atoms with Gasteiger partial charge in [0.2, 0.25) is 0 Å². The number of rotatable bonds is 7. The summed E-state index contributed by atoms with van der Waals surface area (Å²) in [5.41, 5.74) is 0.793. The van der Waals surface area contributed by atoms with Crippen molar-refractivity contribution in [3.8, 4) is 0 Å². The lowest BCUT2D eigenvalue weighted by atomic mass is 10.2. The normalized spacial score (nSPS) is 12.0. The van der Waals surface area contributed by atoms with Crippen molar-refractivity contribution in [3.05, 3.63) is 89.5 Å². The average Bonchev–Trinajstić information content (AvgIpc) is 2.77. The topological polar surface area (TPSA) is 102 Å². The van der Waals surface area contributed by atoms with Gasteiger partial charge < -0.3 is 10.1 Å². The van der Waals surface area contributed by atoms with E-state index < -0.39 is 45.3 Å². The number of carbonyl (C=O) groups is 2. The third kappa shape index (κ3) is 6.13. The van der Waals surface area contributed by atoms with Crippen LogP contribution in [0.2, 0.25) is 0 Å². The predicted molar refractivity (Wildman–Crippen MR) is 118 cm³/mol. The lowest BCUT2D eigenvalue weighted by Gasteiger charge is -2.14. The van der Waals surface area contributed by atoms with Crippen LogP contribution < -0.4 is 10.0 Å². The number of nitrogens with one attached hydrogen (secondary N) is 2. The largest absolute Gasteiger partial charge is 0.449 e. The summed E-state index contributed by atoms with van der Waals surface area (Å²) in [4.78, 5) is 24.5. The molecular weight excluding hydrogens is 454 g/mol. The Kier molecular flexibility index (Phi) is 7.07. The number of halogens is 2. The fraction of sp³-hybridized carbons (Fsp3) is 0.130. The van der Waals surface area contributed by atoms with Crippen LogP contribution in [0.15, 0.2) is 71.6 Å². The molecule has 7 nitrogen and oxygen atoms in total. The van der Waals surface area contributed by atoms with Crippen LogP contribution in [0.1, 0.15) is 22.8 Å². The van der Waals surface area contributed by atoms with Crippen molar-refractivity contribution in [2.45, 2.75) is 24.8 Å². The van der Waals surface area contributed by atoms with Gasteiger partial charge in [0.05, 0.1) is 16.1 Å². The number of esters is 1. The molecule has 0 saturated heterocycles. The molecule has 0 spiro atoms. The molecule has 0 heterocycles. The Labute approximate surface area is 189 Å². The van der Waals surface area contributed by atoms with Crippen LogP contribution in [0.4, 0.5) is 20.2 Å². The minimum absolute atomic E-state index is 0.113. The highest BCUT2D eigenvalue weighted by atomic mass is 32.2. The van der Waals surface area contributed by atoms with Gasteiger partial charge in [-0.15, -0.1) is 0 Å². The van der Waals surface area contributed by atoms with Crippen LogP contribution in [0, 0.1) is 18.6 Å². The zero-order valence-electron chi connectivity index (χ0n) is 17.6. The maximum absolute atomic E-state index is 13.7. The second-order valence-electron chi connectivity index (χ2n) is 7.16. The van der Waals surface area contributed by atoms with Crippen LogP contribution >= 0.6 is 0 Å². The molecule has 0 aliphatic carbocycles. The Morgan fingerprint density at radius 2 is 1.67 bits per heavy atom. The van der Waals surface area contributed by atoms with E-state index in [2.05, 4.69) is 10.0 Å². The Morgan fingerprint density at radius 3 is 2.36 bits per heavy atom. The summed E-state index contributed by atoms with van der Waals surface area (Å²) in [6.45, 7) is 3.10. The Balaban J connectivity index is 1.70. The molecule has 1 amide bonds. The third-order valence-corrected chi connectivity index (χ3v) is 5.90. The van der Waals surface area contributed by atoms with Gasteiger partial charge in [-0.3, -0.25) is 9.52 Å². The molecule has 0 aromatic heterocycles. The number of hydrogen-bond donors (Lipinski definition) is 2. The molecule has 0 aliphatic heterocycles. The van der Waals surface area contributed by atoms with E-state index in [9.17, 15) is 26.8 Å². The summed E-state index contributed by atoms with van der Waals surface area (Å²) in [6, 6.07) is 14.3. The Hall–Kier alpha value is -3.79. The van der Waals surface area contributed by atoms with Crippen molar-refractivity contribution in [3.63, 3.8) is 0 Å². The first-order valence-electron chi connectivity index (χ1n) is 9.71. The van der Waals surface area contributed by atoms with Crippen molar-refractivity contribution in [1.82, 2.24) is 0 Å². The van der Waals surface area contributed by atoms with Gasteiger partial charge in [-0.25, -0.2) is 22.0 Å². The maximum Gasteiger partial charge on any atom is 0.338 e. The Bertz CT molecular complexity index is 1290. The summed E-state index contributed by atoms with van der Waals surface area (Å²) in [5.74, 6) is -3.47. The molecule has 3 rings (SSSR count). The summed E-state index contributed by atoms with van der Waals surface area (Å²) in [7, 11) is -3.99. The molecule has 3 aromatic carbocycles. The number of anilines is 2. The van der Waals surface area contributed by atoms with E-state index >= 15 is 0 Å². The molecule has 0 fully saturated rings. The average molecular weight is 474 g/mol. The SMILES string of the molecule is Cc1ccc(NS(=O)(=O)c2cccc(C(=O)OC(C)C(=O)Nc3cc(F)ccc3F)c2)cc1. The van der Waals surface area contributed by atoms with Crippen molar-refractivity contribution < 1.29 is 31.5 Å². The highest BCUT2D eigenvalue weighted by Crippen LogP contribution is 2.19. The zero-order chi connectivity index (χ0) is 24.2. The summed E-state index contributed by atoms with van der Waals surface area (Å²) in [5, 5.41) is 2.14. The highest BCUT2D eigenvalue weighted by Gasteiger charge is 2.22. The summed E-state index contributed by atoms with van der Waals surface area (Å²) >= 11 is 0. The van der Waals surface area contributed by atoms with Crippen LogP contribution in [0.25, 0.3) is 0 Å². The van der Waals surface area contributed by atoms with Gasteiger partial charge in [0.1, 0.15) is 11.6 Å². The molecule has 0 saturated carbocycles. The molecule has 0 bridgehead atoms. The van der Waals surface area contributed by atoms with E-state index in [-0.39, 0.29) is 10.5 Å². The number of ether oxygens (including phenoxy) is 1. The monoisotopic (exact) mass is 474 g/mol. The van der Waals surface area contributed by atoms with E-state index in [0.29, 0.717) is 5.69 Å². The van der Waals surface area contributed by atoms with E-state index in [1.807, 2.05) is 6.92 Å². The Morgan fingerprint density at radius 1 is 0.970 bits per heavy atom. The number of aryl methyl sites for hydroxylation is 1. The molecule has 0 aliphatic rings. The molecule has 1 unspecified atom stereocenters. The number of amides is 1. The third-order valence-electron chi connectivity index (χ3n) is 4.52. The fourth-order valence-electron chi connectivity index (χ4n) is 2.74. The van der Waals surface area contributed by atoms with Crippen molar-refractivity contribution in [2.75, 3.05) is 10.0 Å². The fourth-order valence-corrected chi connectivity index (χ4v) is 3.84. The van der Waals surface area contributed by atoms with Gasteiger partial charge in [-0.1, -0.05) is 23.8 Å². The summed E-state index contributed by atoms with van der Waals surface area (Å²) in [6.07, 6.45) is -1.37. The van der Waals surface area contributed by atoms with Crippen molar-refractivity contribution in [1.29, 1.82) is 0 Å². The number of hydrogen-bond acceptors (Lipinski definition) is 5. The van der Waals surface area contributed by atoms with Gasteiger partial charge in [0, 0.05) is 11.8 Å². The van der Waals surface area contributed by atoms with Gasteiger partial charge in [-0.05, 0) is 56.3 Å². The molecule has 10 heteroatoms. The van der Waals surface area contributed by atoms with E-state index in [4.69, 9.17) is 4.74 Å². The molecule has 33 heavy (non-hydrogen) atoms. The van der Waals surface area contributed by atoms with Crippen molar-refractivity contribution >= 4 is 33.3 Å². The molecule has 3 aromatic rings. The molecular formula is C23H20F2N2O5S. The van der Waals surface area contributed by atoms with Crippen LogP contribution in [-0.4, -0.2) is 26.4 Å². The number of sulfonamides is 1. The van der Waals surface area contributed by atoms with E-state index in [1.54, 1.807) is 24.3 Å². The quantitative estimate of drug-likeness (QED) is 0.499. The van der Waals surface area contributed by atoms with E-state index in [1.165, 1.54) is 25.1 Å².